The number of benzene rings is 3. The van der Waals surface area contributed by atoms with Gasteiger partial charge >= 0.3 is 5.97 Å². The van der Waals surface area contributed by atoms with Crippen molar-refractivity contribution in [2.75, 3.05) is 26.2 Å². The average molecular weight is 705 g/mol. The number of nitrogens with one attached hydrogen (secondary N) is 5. The fraction of sp³-hybridized carbons (Fsp3) is 0.487. The number of aliphatic carboxylic acids is 1. The monoisotopic (exact) mass is 704 g/mol. The van der Waals surface area contributed by atoms with Crippen LogP contribution in [0.4, 0.5) is 0 Å². The van der Waals surface area contributed by atoms with Gasteiger partial charge in [0.2, 0.25) is 17.7 Å². The molecule has 0 aliphatic carbocycles. The first-order valence-corrected chi connectivity index (χ1v) is 17.9. The van der Waals surface area contributed by atoms with Crippen molar-refractivity contribution in [2.45, 2.75) is 89.5 Å². The van der Waals surface area contributed by atoms with E-state index in [0.717, 1.165) is 21.9 Å². The number of carboxylic acid groups (broad SMARTS) is 1. The summed E-state index contributed by atoms with van der Waals surface area (Å²) in [4.78, 5) is 51.2. The fourth-order valence-corrected chi connectivity index (χ4v) is 6.08. The third-order valence-corrected chi connectivity index (χ3v) is 8.68. The molecule has 3 rings (SSSR count). The molecule has 0 saturated carbocycles. The van der Waals surface area contributed by atoms with Crippen molar-refractivity contribution >= 4 is 34.5 Å². The molecule has 51 heavy (non-hydrogen) atoms. The number of amides is 3. The number of hydrogen-bond acceptors (Lipinski definition) is 8. The Hall–Kier alpha value is -4.36. The quantitative estimate of drug-likeness (QED) is 0.0684. The van der Waals surface area contributed by atoms with Crippen LogP contribution in [0.3, 0.4) is 0 Å². The molecular weight excluding hydrogens is 648 g/mol. The number of rotatable bonds is 23. The molecule has 3 aromatic rings. The van der Waals surface area contributed by atoms with E-state index >= 15 is 0 Å². The Kier molecular flexibility index (Phi) is 17.5. The molecule has 12 heteroatoms. The van der Waals surface area contributed by atoms with E-state index in [0.29, 0.717) is 45.1 Å². The summed E-state index contributed by atoms with van der Waals surface area (Å²) < 4.78 is 0. The zero-order valence-corrected chi connectivity index (χ0v) is 30.1. The van der Waals surface area contributed by atoms with E-state index in [1.54, 1.807) is 0 Å². The minimum absolute atomic E-state index is 0.147. The molecular formula is C39H56N6O6. The molecule has 0 bridgehead atoms. The first kappa shape index (κ1) is 41.1. The van der Waals surface area contributed by atoms with Crippen molar-refractivity contribution in [3.05, 3.63) is 83.9 Å². The second kappa shape index (κ2) is 21.8. The number of unbranched alkanes of at least 4 members (excludes halogenated alkanes) is 1. The smallest absolute Gasteiger partial charge is 0.320 e. The van der Waals surface area contributed by atoms with Gasteiger partial charge < -0.3 is 42.5 Å². The minimum Gasteiger partial charge on any atom is -0.480 e. The second-order valence-electron chi connectivity index (χ2n) is 13.6. The molecule has 5 atom stereocenters. The highest BCUT2D eigenvalue weighted by Crippen LogP contribution is 2.17. The molecule has 0 radical (unpaired) electrons. The van der Waals surface area contributed by atoms with Gasteiger partial charge in [0, 0.05) is 32.1 Å². The SMILES string of the molecule is CC(=O)NC(CNC(CCCCN)C(=O)NC(CO)C(=O)NC(CNC(CC(C)C)C(=O)O)Cc1ccccc1)Cc1ccc2ccccc2c1. The Balaban J connectivity index is 1.70. The van der Waals surface area contributed by atoms with Crippen molar-refractivity contribution in [1.82, 2.24) is 26.6 Å². The van der Waals surface area contributed by atoms with Crippen LogP contribution in [0.5, 0.6) is 0 Å². The van der Waals surface area contributed by atoms with E-state index in [2.05, 4.69) is 32.7 Å². The van der Waals surface area contributed by atoms with Crippen LogP contribution in [0.2, 0.25) is 0 Å². The van der Waals surface area contributed by atoms with E-state index in [4.69, 9.17) is 5.73 Å². The predicted molar refractivity (Wildman–Crippen MR) is 200 cm³/mol. The lowest BCUT2D eigenvalue weighted by Gasteiger charge is -2.27. The molecule has 5 unspecified atom stereocenters. The molecule has 0 heterocycles. The third-order valence-electron chi connectivity index (χ3n) is 8.68. The largest absolute Gasteiger partial charge is 0.480 e. The number of carbonyl (C=O) groups is 4. The fourth-order valence-electron chi connectivity index (χ4n) is 6.08. The molecule has 0 saturated heterocycles. The Morgan fingerprint density at radius 3 is 1.94 bits per heavy atom. The molecule has 0 spiro atoms. The van der Waals surface area contributed by atoms with Gasteiger partial charge in [-0.1, -0.05) is 93.1 Å². The minimum atomic E-state index is -1.25. The lowest BCUT2D eigenvalue weighted by molar-refractivity contribution is -0.140. The summed E-state index contributed by atoms with van der Waals surface area (Å²) in [5.74, 6) is -2.07. The van der Waals surface area contributed by atoms with E-state index in [9.17, 15) is 29.4 Å². The predicted octanol–water partition coefficient (Wildman–Crippen LogP) is 2.27. The Labute approximate surface area is 301 Å². The summed E-state index contributed by atoms with van der Waals surface area (Å²) in [6.45, 7) is 5.62. The molecule has 0 aliphatic rings. The number of aliphatic hydroxyl groups is 1. The van der Waals surface area contributed by atoms with Crippen LogP contribution in [0.15, 0.2) is 72.8 Å². The molecule has 3 aromatic carbocycles. The molecule has 9 N–H and O–H groups in total. The molecule has 0 aliphatic heterocycles. The second-order valence-corrected chi connectivity index (χ2v) is 13.6. The Morgan fingerprint density at radius 1 is 0.706 bits per heavy atom. The lowest BCUT2D eigenvalue weighted by Crippen LogP contribution is -2.58. The van der Waals surface area contributed by atoms with Crippen LogP contribution in [-0.4, -0.2) is 90.4 Å². The van der Waals surface area contributed by atoms with Gasteiger partial charge in [0.05, 0.1) is 12.6 Å². The summed E-state index contributed by atoms with van der Waals surface area (Å²) in [6.07, 6.45) is 3.14. The van der Waals surface area contributed by atoms with Gasteiger partial charge in [-0.3, -0.25) is 19.2 Å². The maximum atomic E-state index is 13.7. The molecule has 12 nitrogen and oxygen atoms in total. The van der Waals surface area contributed by atoms with E-state index in [1.807, 2.05) is 80.6 Å². The number of carboxylic acids is 1. The summed E-state index contributed by atoms with van der Waals surface area (Å²) in [5.41, 5.74) is 7.70. The first-order valence-electron chi connectivity index (χ1n) is 17.9. The number of fused-ring (bicyclic) bond motifs is 1. The van der Waals surface area contributed by atoms with Crippen LogP contribution < -0.4 is 32.3 Å². The molecule has 0 fully saturated rings. The highest BCUT2D eigenvalue weighted by atomic mass is 16.4. The summed E-state index contributed by atoms with van der Waals surface area (Å²) >= 11 is 0. The van der Waals surface area contributed by atoms with Gasteiger partial charge in [-0.2, -0.15) is 0 Å². The summed E-state index contributed by atoms with van der Waals surface area (Å²) in [5, 5.41) is 37.2. The van der Waals surface area contributed by atoms with Gasteiger partial charge in [-0.15, -0.1) is 0 Å². The van der Waals surface area contributed by atoms with Crippen LogP contribution >= 0.6 is 0 Å². The van der Waals surface area contributed by atoms with Crippen LogP contribution in [0, 0.1) is 5.92 Å². The van der Waals surface area contributed by atoms with Gasteiger partial charge in [0.15, 0.2) is 0 Å². The summed E-state index contributed by atoms with van der Waals surface area (Å²) in [6, 6.07) is 20.1. The maximum absolute atomic E-state index is 13.7. The van der Waals surface area contributed by atoms with Gasteiger partial charge in [0.1, 0.15) is 12.1 Å². The maximum Gasteiger partial charge on any atom is 0.320 e. The molecule has 0 aromatic heterocycles. The third kappa shape index (κ3) is 14.8. The van der Waals surface area contributed by atoms with Gasteiger partial charge in [0.25, 0.3) is 0 Å². The standard InChI is InChI=1S/C39H56N6O6/c1-26(2)19-35(39(50)51)42-24-33(21-28-11-5-4-6-12-28)44-38(49)36(25-46)45-37(48)34(15-9-10-18-40)41-23-32(43-27(3)47)22-29-16-17-30-13-7-8-14-31(30)20-29/h4-8,11-14,16-17,20,26,32-36,41-42,46H,9-10,15,18-19,21-25,40H2,1-3H3,(H,43,47)(H,44,49)(H,45,48)(H,50,51). The Bertz CT molecular complexity index is 1540. The number of carbonyl (C=O) groups excluding carboxylic acids is 3. The molecule has 278 valence electrons. The van der Waals surface area contributed by atoms with Crippen LogP contribution in [-0.2, 0) is 32.0 Å². The average Bonchev–Trinajstić information content (AvgIpc) is 3.10. The van der Waals surface area contributed by atoms with E-state index in [-0.39, 0.29) is 31.0 Å². The van der Waals surface area contributed by atoms with E-state index in [1.165, 1.54) is 6.92 Å². The highest BCUT2D eigenvalue weighted by molar-refractivity contribution is 5.90. The van der Waals surface area contributed by atoms with Crippen molar-refractivity contribution in [3.8, 4) is 0 Å². The highest BCUT2D eigenvalue weighted by Gasteiger charge is 2.28. The van der Waals surface area contributed by atoms with Crippen molar-refractivity contribution < 1.29 is 29.4 Å². The van der Waals surface area contributed by atoms with Gasteiger partial charge in [-0.25, -0.2) is 0 Å². The van der Waals surface area contributed by atoms with Crippen LogP contribution in [0.1, 0.15) is 57.6 Å². The topological polar surface area (TPSA) is 195 Å². The Morgan fingerprint density at radius 2 is 1.31 bits per heavy atom. The zero-order chi connectivity index (χ0) is 37.2. The molecule has 3 amide bonds. The van der Waals surface area contributed by atoms with Crippen LogP contribution in [0.25, 0.3) is 10.8 Å². The summed E-state index contributed by atoms with van der Waals surface area (Å²) in [7, 11) is 0. The first-order chi connectivity index (χ1) is 24.5. The number of nitrogens with two attached hydrogens (primary N) is 1. The van der Waals surface area contributed by atoms with E-state index < -0.39 is 48.6 Å². The lowest BCUT2D eigenvalue weighted by atomic mass is 10.0. The van der Waals surface area contributed by atoms with Crippen molar-refractivity contribution in [3.63, 3.8) is 0 Å². The normalized spacial score (nSPS) is 14.3. The van der Waals surface area contributed by atoms with Crippen molar-refractivity contribution in [2.24, 2.45) is 11.7 Å². The zero-order valence-electron chi connectivity index (χ0n) is 30.1. The van der Waals surface area contributed by atoms with Crippen molar-refractivity contribution in [1.29, 1.82) is 0 Å². The van der Waals surface area contributed by atoms with Gasteiger partial charge in [-0.05, 0) is 66.5 Å². The number of aliphatic hydroxyl groups excluding tert-OH is 1. The number of hydrogen-bond donors (Lipinski definition) is 8.